The third kappa shape index (κ3) is 3.65. The summed E-state index contributed by atoms with van der Waals surface area (Å²) in [6.07, 6.45) is 1.94. The average molecular weight is 321 g/mol. The minimum absolute atomic E-state index is 0.231. The molecule has 2 rings (SSSR count). The van der Waals surface area contributed by atoms with E-state index in [1.165, 1.54) is 6.07 Å². The Labute approximate surface area is 132 Å². The second-order valence-corrected chi connectivity index (χ2v) is 5.93. The van der Waals surface area contributed by atoms with Crippen LogP contribution in [0, 0.1) is 18.6 Å². The zero-order valence-corrected chi connectivity index (χ0v) is 13.4. The first-order chi connectivity index (χ1) is 10.4. The van der Waals surface area contributed by atoms with Crippen LogP contribution in [0.25, 0.3) is 0 Å². The van der Waals surface area contributed by atoms with Gasteiger partial charge in [-0.15, -0.1) is 11.8 Å². The van der Waals surface area contributed by atoms with E-state index in [1.54, 1.807) is 18.7 Å². The highest BCUT2D eigenvalue weighted by Gasteiger charge is 2.15. The lowest BCUT2D eigenvalue weighted by Gasteiger charge is -2.16. The molecule has 2 aromatic rings. The predicted molar refractivity (Wildman–Crippen MR) is 85.2 cm³/mol. The number of aryl methyl sites for hydroxylation is 1. The molecule has 1 N–H and O–H groups in total. The van der Waals surface area contributed by atoms with Crippen LogP contribution in [0.15, 0.2) is 41.3 Å². The van der Waals surface area contributed by atoms with Gasteiger partial charge < -0.3 is 5.32 Å². The zero-order chi connectivity index (χ0) is 16.3. The van der Waals surface area contributed by atoms with Crippen LogP contribution in [0.3, 0.4) is 0 Å². The molecule has 22 heavy (non-hydrogen) atoms. The van der Waals surface area contributed by atoms with Crippen molar-refractivity contribution in [1.29, 1.82) is 0 Å². The van der Waals surface area contributed by atoms with Crippen LogP contribution in [-0.2, 0) is 0 Å². The van der Waals surface area contributed by atoms with Gasteiger partial charge in [-0.2, -0.15) is 0 Å². The van der Waals surface area contributed by atoms with Crippen molar-refractivity contribution in [2.24, 2.45) is 0 Å². The van der Waals surface area contributed by atoms with E-state index in [1.807, 2.05) is 31.4 Å². The second-order valence-electron chi connectivity index (χ2n) is 5.05. The van der Waals surface area contributed by atoms with Crippen molar-refractivity contribution in [3.63, 3.8) is 0 Å². The van der Waals surface area contributed by atoms with Crippen molar-refractivity contribution < 1.29 is 13.6 Å². The van der Waals surface area contributed by atoms with Gasteiger partial charge in [-0.3, -0.25) is 4.79 Å². The summed E-state index contributed by atoms with van der Waals surface area (Å²) in [5, 5.41) is 2.81. The molecular weight excluding hydrogens is 304 g/mol. The molecular formula is C17H17F2NOS. The fourth-order valence-electron chi connectivity index (χ4n) is 2.11. The average Bonchev–Trinajstić information content (AvgIpc) is 2.50. The van der Waals surface area contributed by atoms with Gasteiger partial charge in [0.1, 0.15) is 0 Å². The Morgan fingerprint density at radius 2 is 1.86 bits per heavy atom. The number of carbonyl (C=O) groups excluding carboxylic acids is 1. The fraction of sp³-hybridized carbons (Fsp3) is 0.235. The molecule has 0 aromatic heterocycles. The summed E-state index contributed by atoms with van der Waals surface area (Å²) in [5.41, 5.74) is 1.97. The molecule has 1 atom stereocenters. The van der Waals surface area contributed by atoms with E-state index in [0.29, 0.717) is 11.1 Å². The van der Waals surface area contributed by atoms with E-state index in [4.69, 9.17) is 0 Å². The van der Waals surface area contributed by atoms with Gasteiger partial charge in [-0.25, -0.2) is 8.78 Å². The van der Waals surface area contributed by atoms with Gasteiger partial charge >= 0.3 is 0 Å². The van der Waals surface area contributed by atoms with Crippen LogP contribution in [0.2, 0.25) is 0 Å². The number of thioether (sulfide) groups is 1. The van der Waals surface area contributed by atoms with Gasteiger partial charge in [-0.05, 0) is 55.5 Å². The first-order valence-electron chi connectivity index (χ1n) is 6.83. The summed E-state index contributed by atoms with van der Waals surface area (Å²) in [6.45, 7) is 3.60. The van der Waals surface area contributed by atoms with Gasteiger partial charge in [0.2, 0.25) is 0 Å². The topological polar surface area (TPSA) is 29.1 Å². The lowest BCUT2D eigenvalue weighted by molar-refractivity contribution is 0.0939. The highest BCUT2D eigenvalue weighted by Crippen LogP contribution is 2.21. The van der Waals surface area contributed by atoms with Crippen molar-refractivity contribution in [1.82, 2.24) is 5.32 Å². The third-order valence-electron chi connectivity index (χ3n) is 3.48. The highest BCUT2D eigenvalue weighted by atomic mass is 32.2. The highest BCUT2D eigenvalue weighted by molar-refractivity contribution is 7.98. The molecule has 0 saturated heterocycles. The Balaban J connectivity index is 2.19. The molecule has 0 aliphatic rings. The molecule has 116 valence electrons. The molecule has 0 aliphatic heterocycles. The number of hydrogen-bond acceptors (Lipinski definition) is 2. The van der Waals surface area contributed by atoms with E-state index in [-0.39, 0.29) is 5.91 Å². The van der Waals surface area contributed by atoms with E-state index in [9.17, 15) is 13.6 Å². The van der Waals surface area contributed by atoms with Crippen molar-refractivity contribution in [2.75, 3.05) is 6.26 Å². The maximum absolute atomic E-state index is 13.3. The maximum Gasteiger partial charge on any atom is 0.252 e. The van der Waals surface area contributed by atoms with Crippen LogP contribution in [0.5, 0.6) is 0 Å². The number of halogens is 2. The summed E-state index contributed by atoms with van der Waals surface area (Å²) >= 11 is 1.56. The molecule has 0 fully saturated rings. The van der Waals surface area contributed by atoms with Crippen molar-refractivity contribution in [2.45, 2.75) is 24.8 Å². The van der Waals surface area contributed by atoms with E-state index >= 15 is 0 Å². The largest absolute Gasteiger partial charge is 0.346 e. The standard InChI is InChI=1S/C17H17F2NOS/c1-10-4-6-13(22-3)9-14(10)17(21)20-11(2)12-5-7-15(18)16(19)8-12/h4-9,11H,1-3H3,(H,20,21). The first kappa shape index (κ1) is 16.5. The quantitative estimate of drug-likeness (QED) is 0.841. The smallest absolute Gasteiger partial charge is 0.252 e. The van der Waals surface area contributed by atoms with E-state index < -0.39 is 17.7 Å². The SMILES string of the molecule is CSc1ccc(C)c(C(=O)NC(C)c2ccc(F)c(F)c2)c1. The lowest BCUT2D eigenvalue weighted by atomic mass is 10.1. The first-order valence-corrected chi connectivity index (χ1v) is 8.05. The minimum Gasteiger partial charge on any atom is -0.346 e. The second kappa shape index (κ2) is 6.92. The summed E-state index contributed by atoms with van der Waals surface area (Å²) in [5.74, 6) is -2.05. The number of amides is 1. The van der Waals surface area contributed by atoms with E-state index in [2.05, 4.69) is 5.32 Å². The van der Waals surface area contributed by atoms with Crippen LogP contribution in [0.1, 0.15) is 34.5 Å². The van der Waals surface area contributed by atoms with Gasteiger partial charge in [0.25, 0.3) is 5.91 Å². The fourth-order valence-corrected chi connectivity index (χ4v) is 2.55. The Morgan fingerprint density at radius 3 is 2.50 bits per heavy atom. The lowest BCUT2D eigenvalue weighted by Crippen LogP contribution is -2.27. The third-order valence-corrected chi connectivity index (χ3v) is 4.21. The molecule has 0 saturated carbocycles. The number of nitrogens with one attached hydrogen (secondary N) is 1. The molecule has 0 spiro atoms. The number of rotatable bonds is 4. The predicted octanol–water partition coefficient (Wildman–Crippen LogP) is 4.49. The molecule has 2 nitrogen and oxygen atoms in total. The monoisotopic (exact) mass is 321 g/mol. The zero-order valence-electron chi connectivity index (χ0n) is 12.6. The van der Waals surface area contributed by atoms with Crippen molar-refractivity contribution in [3.05, 3.63) is 64.7 Å². The van der Waals surface area contributed by atoms with Crippen LogP contribution < -0.4 is 5.32 Å². The van der Waals surface area contributed by atoms with Crippen molar-refractivity contribution in [3.8, 4) is 0 Å². The Bertz CT molecular complexity index is 703. The Morgan fingerprint density at radius 1 is 1.14 bits per heavy atom. The van der Waals surface area contributed by atoms with E-state index in [0.717, 1.165) is 22.6 Å². The number of carbonyl (C=O) groups is 1. The molecule has 0 heterocycles. The summed E-state index contributed by atoms with van der Waals surface area (Å²) in [4.78, 5) is 13.4. The van der Waals surface area contributed by atoms with Gasteiger partial charge in [0, 0.05) is 10.5 Å². The molecule has 1 unspecified atom stereocenters. The van der Waals surface area contributed by atoms with Crippen LogP contribution in [-0.4, -0.2) is 12.2 Å². The normalized spacial score (nSPS) is 12.0. The van der Waals surface area contributed by atoms with Crippen LogP contribution in [0.4, 0.5) is 8.78 Å². The van der Waals surface area contributed by atoms with Gasteiger partial charge in [0.05, 0.1) is 6.04 Å². The molecule has 0 radical (unpaired) electrons. The molecule has 0 bridgehead atoms. The molecule has 0 aliphatic carbocycles. The van der Waals surface area contributed by atoms with Gasteiger partial charge in [0.15, 0.2) is 11.6 Å². The molecule has 2 aromatic carbocycles. The minimum atomic E-state index is -0.917. The van der Waals surface area contributed by atoms with Gasteiger partial charge in [-0.1, -0.05) is 12.1 Å². The van der Waals surface area contributed by atoms with Crippen LogP contribution >= 0.6 is 11.8 Å². The Hall–Kier alpha value is -1.88. The summed E-state index contributed by atoms with van der Waals surface area (Å²) < 4.78 is 26.2. The summed E-state index contributed by atoms with van der Waals surface area (Å²) in [7, 11) is 0. The molecule has 1 amide bonds. The number of benzene rings is 2. The summed E-state index contributed by atoms with van der Waals surface area (Å²) in [6, 6.07) is 8.89. The Kier molecular flexibility index (Phi) is 5.19. The van der Waals surface area contributed by atoms with Crippen molar-refractivity contribution >= 4 is 17.7 Å². The molecule has 5 heteroatoms. The maximum atomic E-state index is 13.3. The number of hydrogen-bond donors (Lipinski definition) is 1.